The van der Waals surface area contributed by atoms with E-state index < -0.39 is 4.92 Å². The van der Waals surface area contributed by atoms with Gasteiger partial charge in [0.25, 0.3) is 5.69 Å². The fraction of sp³-hybridized carbons (Fsp3) is 0.357. The number of benzene rings is 1. The summed E-state index contributed by atoms with van der Waals surface area (Å²) < 4.78 is 0. The van der Waals surface area contributed by atoms with Crippen molar-refractivity contribution in [2.24, 2.45) is 0 Å². The van der Waals surface area contributed by atoms with E-state index >= 15 is 0 Å². The molecule has 0 bridgehead atoms. The number of allylic oxidation sites excluding steroid dienone is 1. The van der Waals surface area contributed by atoms with E-state index in [0.29, 0.717) is 11.4 Å². The lowest BCUT2D eigenvalue weighted by molar-refractivity contribution is -0.384. The second-order valence-electron chi connectivity index (χ2n) is 4.75. The van der Waals surface area contributed by atoms with E-state index in [1.807, 2.05) is 0 Å². The molecule has 1 amide bonds. The van der Waals surface area contributed by atoms with Crippen molar-refractivity contribution in [3.8, 4) is 0 Å². The van der Waals surface area contributed by atoms with Crippen molar-refractivity contribution < 1.29 is 9.72 Å². The average molecular weight is 295 g/mol. The van der Waals surface area contributed by atoms with Crippen LogP contribution in [0.4, 0.5) is 11.4 Å². The molecular formula is C14H15ClN2O3. The Labute approximate surface area is 121 Å². The first-order chi connectivity index (χ1) is 9.56. The molecule has 0 atom stereocenters. The second-order valence-corrected chi connectivity index (χ2v) is 5.16. The van der Waals surface area contributed by atoms with E-state index in [1.165, 1.54) is 24.6 Å². The van der Waals surface area contributed by atoms with Crippen molar-refractivity contribution in [2.75, 3.05) is 5.32 Å². The molecule has 0 radical (unpaired) electrons. The lowest BCUT2D eigenvalue weighted by Gasteiger charge is -2.13. The minimum Gasteiger partial charge on any atom is -0.324 e. The van der Waals surface area contributed by atoms with E-state index in [0.717, 1.165) is 24.8 Å². The van der Waals surface area contributed by atoms with Gasteiger partial charge in [0.15, 0.2) is 0 Å². The van der Waals surface area contributed by atoms with Crippen LogP contribution in [0.2, 0.25) is 5.02 Å². The topological polar surface area (TPSA) is 72.2 Å². The van der Waals surface area contributed by atoms with Gasteiger partial charge in [-0.1, -0.05) is 23.3 Å². The van der Waals surface area contributed by atoms with Gasteiger partial charge in [0, 0.05) is 18.6 Å². The molecule has 1 aliphatic carbocycles. The number of hydrogen-bond acceptors (Lipinski definition) is 3. The van der Waals surface area contributed by atoms with Gasteiger partial charge in [-0.25, -0.2) is 0 Å². The van der Waals surface area contributed by atoms with Crippen molar-refractivity contribution in [3.05, 3.63) is 45.0 Å². The average Bonchev–Trinajstić information content (AvgIpc) is 2.42. The molecule has 5 nitrogen and oxygen atoms in total. The zero-order chi connectivity index (χ0) is 14.5. The van der Waals surface area contributed by atoms with Gasteiger partial charge in [-0.15, -0.1) is 0 Å². The highest BCUT2D eigenvalue weighted by molar-refractivity contribution is 6.33. The number of nitrogens with one attached hydrogen (secondary N) is 1. The van der Waals surface area contributed by atoms with Crippen molar-refractivity contribution in [1.29, 1.82) is 0 Å². The molecule has 6 heteroatoms. The number of nitro groups is 1. The van der Waals surface area contributed by atoms with E-state index in [-0.39, 0.29) is 17.3 Å². The number of nitro benzene ring substituents is 1. The minimum absolute atomic E-state index is 0.0958. The number of carbonyl (C=O) groups is 1. The zero-order valence-electron chi connectivity index (χ0n) is 10.9. The van der Waals surface area contributed by atoms with E-state index in [1.54, 1.807) is 0 Å². The number of nitrogens with zero attached hydrogens (tertiary/aromatic N) is 1. The molecule has 0 spiro atoms. The van der Waals surface area contributed by atoms with E-state index in [2.05, 4.69) is 11.4 Å². The Morgan fingerprint density at radius 1 is 1.40 bits per heavy atom. The van der Waals surface area contributed by atoms with Crippen molar-refractivity contribution in [1.82, 2.24) is 0 Å². The molecule has 0 heterocycles. The standard InChI is InChI=1S/C14H15ClN2O3/c15-12-7-6-11(17(19)20)9-13(12)16-14(18)8-10-4-2-1-3-5-10/h4,6-7,9H,1-3,5,8H2,(H,16,18). The molecule has 1 aromatic carbocycles. The number of halogens is 1. The van der Waals surface area contributed by atoms with Crippen molar-refractivity contribution >= 4 is 28.9 Å². The van der Waals surface area contributed by atoms with Crippen LogP contribution in [-0.2, 0) is 4.79 Å². The lowest BCUT2D eigenvalue weighted by Crippen LogP contribution is -2.13. The fourth-order valence-electron chi connectivity index (χ4n) is 2.19. The normalized spacial score (nSPS) is 14.6. The van der Waals surface area contributed by atoms with E-state index in [4.69, 9.17) is 11.6 Å². The van der Waals surface area contributed by atoms with Crippen LogP contribution >= 0.6 is 11.6 Å². The predicted molar refractivity (Wildman–Crippen MR) is 77.9 cm³/mol. The summed E-state index contributed by atoms with van der Waals surface area (Å²) in [6.07, 6.45) is 6.64. The smallest absolute Gasteiger partial charge is 0.271 e. The van der Waals surface area contributed by atoms with Crippen LogP contribution in [0.5, 0.6) is 0 Å². The first-order valence-corrected chi connectivity index (χ1v) is 6.86. The molecule has 20 heavy (non-hydrogen) atoms. The molecule has 1 N–H and O–H groups in total. The Hall–Kier alpha value is -1.88. The van der Waals surface area contributed by atoms with Gasteiger partial charge in [0.2, 0.25) is 5.91 Å². The molecule has 0 fully saturated rings. The summed E-state index contributed by atoms with van der Waals surface area (Å²) in [5.74, 6) is -0.194. The number of rotatable bonds is 4. The number of carbonyl (C=O) groups excluding carboxylic acids is 1. The van der Waals surface area contributed by atoms with Crippen LogP contribution < -0.4 is 5.32 Å². The van der Waals surface area contributed by atoms with Crippen molar-refractivity contribution in [3.63, 3.8) is 0 Å². The predicted octanol–water partition coefficient (Wildman–Crippen LogP) is 4.08. The second kappa shape index (κ2) is 6.52. The monoisotopic (exact) mass is 294 g/mol. The molecule has 0 saturated carbocycles. The zero-order valence-corrected chi connectivity index (χ0v) is 11.7. The van der Waals surface area contributed by atoms with Gasteiger partial charge in [-0.05, 0) is 31.7 Å². The fourth-order valence-corrected chi connectivity index (χ4v) is 2.35. The third-order valence-electron chi connectivity index (χ3n) is 3.21. The third-order valence-corrected chi connectivity index (χ3v) is 3.54. The summed E-state index contributed by atoms with van der Waals surface area (Å²) in [5, 5.41) is 13.6. The Kier molecular flexibility index (Phi) is 4.74. The summed E-state index contributed by atoms with van der Waals surface area (Å²) in [6, 6.07) is 3.99. The van der Waals surface area contributed by atoms with Gasteiger partial charge in [-0.2, -0.15) is 0 Å². The number of amides is 1. The molecule has 2 rings (SSSR count). The van der Waals surface area contributed by atoms with Crippen LogP contribution in [0.25, 0.3) is 0 Å². The maximum absolute atomic E-state index is 11.9. The summed E-state index contributed by atoms with van der Waals surface area (Å²) in [6.45, 7) is 0. The lowest BCUT2D eigenvalue weighted by atomic mass is 9.97. The maximum atomic E-state index is 11.9. The Morgan fingerprint density at radius 2 is 2.20 bits per heavy atom. The van der Waals surface area contributed by atoms with Crippen LogP contribution in [0.15, 0.2) is 29.8 Å². The van der Waals surface area contributed by atoms with Gasteiger partial charge >= 0.3 is 0 Å². The molecule has 0 saturated heterocycles. The molecule has 106 valence electrons. The molecule has 0 aromatic heterocycles. The largest absolute Gasteiger partial charge is 0.324 e. The molecule has 0 unspecified atom stereocenters. The highest BCUT2D eigenvalue weighted by Gasteiger charge is 2.14. The van der Waals surface area contributed by atoms with Crippen LogP contribution in [0, 0.1) is 10.1 Å². The summed E-state index contributed by atoms with van der Waals surface area (Å²) >= 11 is 5.94. The number of hydrogen-bond donors (Lipinski definition) is 1. The van der Waals surface area contributed by atoms with Gasteiger partial charge in [-0.3, -0.25) is 14.9 Å². The summed E-state index contributed by atoms with van der Waals surface area (Å²) in [5.41, 5.74) is 1.30. The SMILES string of the molecule is O=C(CC1=CCCCC1)Nc1cc([N+](=O)[O-])ccc1Cl. The highest BCUT2D eigenvalue weighted by atomic mass is 35.5. The minimum atomic E-state index is -0.518. The van der Waals surface area contributed by atoms with Crippen LogP contribution in [-0.4, -0.2) is 10.8 Å². The first kappa shape index (κ1) is 14.5. The van der Waals surface area contributed by atoms with Crippen molar-refractivity contribution in [2.45, 2.75) is 32.1 Å². The quantitative estimate of drug-likeness (QED) is 0.516. The van der Waals surface area contributed by atoms with Gasteiger partial charge in [0.05, 0.1) is 15.6 Å². The summed E-state index contributed by atoms with van der Waals surface area (Å²) in [4.78, 5) is 22.1. The van der Waals surface area contributed by atoms with Gasteiger partial charge < -0.3 is 5.32 Å². The Balaban J connectivity index is 2.05. The van der Waals surface area contributed by atoms with E-state index in [9.17, 15) is 14.9 Å². The van der Waals surface area contributed by atoms with Crippen LogP contribution in [0.1, 0.15) is 32.1 Å². The Morgan fingerprint density at radius 3 is 2.85 bits per heavy atom. The third kappa shape index (κ3) is 3.81. The maximum Gasteiger partial charge on any atom is 0.271 e. The van der Waals surface area contributed by atoms with Gasteiger partial charge in [0.1, 0.15) is 0 Å². The molecule has 1 aromatic rings. The molecular weight excluding hydrogens is 280 g/mol. The Bertz CT molecular complexity index is 570. The first-order valence-electron chi connectivity index (χ1n) is 6.48. The van der Waals surface area contributed by atoms with Crippen LogP contribution in [0.3, 0.4) is 0 Å². The molecule has 0 aliphatic heterocycles. The molecule has 1 aliphatic rings. The number of anilines is 1. The number of non-ortho nitro benzene ring substituents is 1. The summed E-state index contributed by atoms with van der Waals surface area (Å²) in [7, 11) is 0. The highest BCUT2D eigenvalue weighted by Crippen LogP contribution is 2.27.